The summed E-state index contributed by atoms with van der Waals surface area (Å²) in [5.41, 5.74) is 0. The first kappa shape index (κ1) is 16.9. The number of sulfonamides is 1. The first-order chi connectivity index (χ1) is 9.21. The fourth-order valence-electron chi connectivity index (χ4n) is 2.60. The normalized spacial score (nSPS) is 18.0. The van der Waals surface area contributed by atoms with Gasteiger partial charge in [0.2, 0.25) is 15.9 Å². The Labute approximate surface area is 120 Å². The van der Waals surface area contributed by atoms with E-state index in [4.69, 9.17) is 0 Å². The molecule has 6 nitrogen and oxygen atoms in total. The number of hydrogen-bond donors (Lipinski definition) is 2. The van der Waals surface area contributed by atoms with Gasteiger partial charge in [0.1, 0.15) is 6.04 Å². The van der Waals surface area contributed by atoms with Gasteiger partial charge in [0.25, 0.3) is 5.91 Å². The molecule has 1 rings (SSSR count). The van der Waals surface area contributed by atoms with Crippen LogP contribution < -0.4 is 10.0 Å². The van der Waals surface area contributed by atoms with Crippen molar-refractivity contribution in [2.75, 3.05) is 5.75 Å². The number of nitrogens with one attached hydrogen (secondary N) is 2. The van der Waals surface area contributed by atoms with E-state index in [2.05, 4.69) is 10.0 Å². The molecule has 1 unspecified atom stereocenters. The molecule has 1 fully saturated rings. The van der Waals surface area contributed by atoms with Crippen molar-refractivity contribution in [3.63, 3.8) is 0 Å². The molecule has 0 heterocycles. The summed E-state index contributed by atoms with van der Waals surface area (Å²) < 4.78 is 25.7. The van der Waals surface area contributed by atoms with E-state index in [9.17, 15) is 18.0 Å². The van der Waals surface area contributed by atoms with Crippen molar-refractivity contribution in [3.8, 4) is 0 Å². The Balaban J connectivity index is 2.75. The standard InChI is InChI=1S/C13H24N2O4S/c1-9(2)8-20(18,19)15-13(17)12(14-10(3)16)11-6-4-5-7-11/h9,11-12H,4-8H2,1-3H3,(H,14,16)(H,15,17). The third kappa shape index (κ3) is 5.48. The second kappa shape index (κ2) is 7.06. The molecule has 0 spiro atoms. The van der Waals surface area contributed by atoms with E-state index in [0.717, 1.165) is 25.7 Å². The van der Waals surface area contributed by atoms with E-state index in [-0.39, 0.29) is 23.5 Å². The molecule has 0 bridgehead atoms. The van der Waals surface area contributed by atoms with Gasteiger partial charge in [-0.25, -0.2) is 8.42 Å². The van der Waals surface area contributed by atoms with Crippen molar-refractivity contribution < 1.29 is 18.0 Å². The van der Waals surface area contributed by atoms with Gasteiger partial charge in [-0.15, -0.1) is 0 Å². The summed E-state index contributed by atoms with van der Waals surface area (Å²) in [6, 6.07) is -0.753. The molecule has 2 N–H and O–H groups in total. The molecule has 0 radical (unpaired) electrons. The molecule has 116 valence electrons. The molecule has 0 aliphatic heterocycles. The summed E-state index contributed by atoms with van der Waals surface area (Å²) in [7, 11) is -3.64. The topological polar surface area (TPSA) is 92.3 Å². The largest absolute Gasteiger partial charge is 0.344 e. The van der Waals surface area contributed by atoms with Crippen molar-refractivity contribution >= 4 is 21.8 Å². The zero-order chi connectivity index (χ0) is 15.3. The van der Waals surface area contributed by atoms with Crippen LogP contribution in [-0.2, 0) is 19.6 Å². The quantitative estimate of drug-likeness (QED) is 0.758. The second-order valence-electron chi connectivity index (χ2n) is 5.86. The maximum absolute atomic E-state index is 12.2. The molecule has 1 atom stereocenters. The Kier molecular flexibility index (Phi) is 5.98. The highest BCUT2D eigenvalue weighted by atomic mass is 32.2. The molecule has 7 heteroatoms. The van der Waals surface area contributed by atoms with Crippen LogP contribution in [0.3, 0.4) is 0 Å². The predicted octanol–water partition coefficient (Wildman–Crippen LogP) is 0.783. The molecule has 1 saturated carbocycles. The van der Waals surface area contributed by atoms with Crippen LogP contribution in [0.15, 0.2) is 0 Å². The highest BCUT2D eigenvalue weighted by molar-refractivity contribution is 7.90. The SMILES string of the molecule is CC(=O)NC(C(=O)NS(=O)(=O)CC(C)C)C1CCCC1. The molecule has 1 aliphatic rings. The zero-order valence-corrected chi connectivity index (χ0v) is 13.1. The number of amides is 2. The van der Waals surface area contributed by atoms with Crippen LogP contribution in [0.1, 0.15) is 46.5 Å². The van der Waals surface area contributed by atoms with E-state index in [0.29, 0.717) is 0 Å². The van der Waals surface area contributed by atoms with Crippen molar-refractivity contribution in [2.45, 2.75) is 52.5 Å². The van der Waals surface area contributed by atoms with Crippen LogP contribution >= 0.6 is 0 Å². The van der Waals surface area contributed by atoms with Crippen molar-refractivity contribution in [1.29, 1.82) is 0 Å². The number of carbonyl (C=O) groups is 2. The first-order valence-corrected chi connectivity index (χ1v) is 8.68. The molecule has 0 aromatic rings. The smallest absolute Gasteiger partial charge is 0.256 e. The lowest BCUT2D eigenvalue weighted by molar-refractivity contribution is -0.128. The van der Waals surface area contributed by atoms with E-state index in [1.54, 1.807) is 13.8 Å². The van der Waals surface area contributed by atoms with Crippen molar-refractivity contribution in [1.82, 2.24) is 10.0 Å². The monoisotopic (exact) mass is 304 g/mol. The molecular formula is C13H24N2O4S. The highest BCUT2D eigenvalue weighted by Crippen LogP contribution is 2.28. The Bertz CT molecular complexity index is 453. The summed E-state index contributed by atoms with van der Waals surface area (Å²) in [5, 5.41) is 2.58. The first-order valence-electron chi connectivity index (χ1n) is 7.02. The molecule has 0 aromatic heterocycles. The van der Waals surface area contributed by atoms with Crippen LogP contribution in [0.25, 0.3) is 0 Å². The zero-order valence-electron chi connectivity index (χ0n) is 12.3. The van der Waals surface area contributed by atoms with Gasteiger partial charge in [0, 0.05) is 6.92 Å². The van der Waals surface area contributed by atoms with E-state index in [1.807, 2.05) is 0 Å². The minimum atomic E-state index is -3.64. The Morgan fingerprint density at radius 3 is 2.20 bits per heavy atom. The lowest BCUT2D eigenvalue weighted by Gasteiger charge is -2.23. The van der Waals surface area contributed by atoms with E-state index in [1.165, 1.54) is 6.92 Å². The van der Waals surface area contributed by atoms with Gasteiger partial charge in [-0.2, -0.15) is 0 Å². The maximum Gasteiger partial charge on any atom is 0.256 e. The molecular weight excluding hydrogens is 280 g/mol. The summed E-state index contributed by atoms with van der Waals surface area (Å²) >= 11 is 0. The lowest BCUT2D eigenvalue weighted by Crippen LogP contribution is -2.51. The van der Waals surface area contributed by atoms with Crippen LogP contribution in [0.5, 0.6) is 0 Å². The minimum absolute atomic E-state index is 0.0214. The Hall–Kier alpha value is -1.11. The molecule has 20 heavy (non-hydrogen) atoms. The number of hydrogen-bond acceptors (Lipinski definition) is 4. The average molecular weight is 304 g/mol. The van der Waals surface area contributed by atoms with Crippen LogP contribution in [-0.4, -0.2) is 32.0 Å². The number of rotatable bonds is 6. The van der Waals surface area contributed by atoms with Crippen molar-refractivity contribution in [3.05, 3.63) is 0 Å². The van der Waals surface area contributed by atoms with Crippen LogP contribution in [0.2, 0.25) is 0 Å². The van der Waals surface area contributed by atoms with Gasteiger partial charge in [-0.1, -0.05) is 26.7 Å². The van der Waals surface area contributed by atoms with Crippen molar-refractivity contribution in [2.24, 2.45) is 11.8 Å². The fourth-order valence-corrected chi connectivity index (χ4v) is 4.00. The van der Waals surface area contributed by atoms with E-state index >= 15 is 0 Å². The van der Waals surface area contributed by atoms with Crippen LogP contribution in [0.4, 0.5) is 0 Å². The van der Waals surface area contributed by atoms with Gasteiger partial charge in [0.05, 0.1) is 5.75 Å². The van der Waals surface area contributed by atoms with Gasteiger partial charge < -0.3 is 5.32 Å². The summed E-state index contributed by atoms with van der Waals surface area (Å²) in [5.74, 6) is -1.08. The highest BCUT2D eigenvalue weighted by Gasteiger charge is 2.33. The average Bonchev–Trinajstić information content (AvgIpc) is 2.75. The summed E-state index contributed by atoms with van der Waals surface area (Å²) in [6.07, 6.45) is 3.69. The molecule has 2 amide bonds. The summed E-state index contributed by atoms with van der Waals surface area (Å²) in [4.78, 5) is 23.4. The minimum Gasteiger partial charge on any atom is -0.344 e. The van der Waals surface area contributed by atoms with Gasteiger partial charge in [0.15, 0.2) is 0 Å². The van der Waals surface area contributed by atoms with Crippen LogP contribution in [0, 0.1) is 11.8 Å². The number of carbonyl (C=O) groups excluding carboxylic acids is 2. The lowest BCUT2D eigenvalue weighted by atomic mass is 9.97. The maximum atomic E-state index is 12.2. The third-order valence-corrected chi connectivity index (χ3v) is 4.94. The van der Waals surface area contributed by atoms with Gasteiger partial charge >= 0.3 is 0 Å². The Morgan fingerprint density at radius 2 is 1.75 bits per heavy atom. The second-order valence-corrected chi connectivity index (χ2v) is 7.63. The predicted molar refractivity (Wildman–Crippen MR) is 76.3 cm³/mol. The van der Waals surface area contributed by atoms with Gasteiger partial charge in [-0.3, -0.25) is 14.3 Å². The Morgan fingerprint density at radius 1 is 1.20 bits per heavy atom. The van der Waals surface area contributed by atoms with E-state index < -0.39 is 22.0 Å². The molecule has 0 aromatic carbocycles. The summed E-state index contributed by atoms with van der Waals surface area (Å²) in [6.45, 7) is 4.87. The third-order valence-electron chi connectivity index (χ3n) is 3.32. The van der Waals surface area contributed by atoms with Gasteiger partial charge in [-0.05, 0) is 24.7 Å². The fraction of sp³-hybridized carbons (Fsp3) is 0.846. The molecule has 1 aliphatic carbocycles. The molecule has 0 saturated heterocycles.